The molecule has 0 amide bonds. The number of nitrogens with zero attached hydrogens (tertiary/aromatic N) is 2. The summed E-state index contributed by atoms with van der Waals surface area (Å²) in [5.41, 5.74) is 2.16. The molecule has 1 fully saturated rings. The number of nitrogens with one attached hydrogen (secondary N) is 1. The number of hydrogen-bond donors (Lipinski definition) is 1. The van der Waals surface area contributed by atoms with Gasteiger partial charge in [0.25, 0.3) is 0 Å². The number of aromatic nitrogens is 1. The van der Waals surface area contributed by atoms with Gasteiger partial charge in [0.1, 0.15) is 0 Å². The monoisotopic (exact) mass is 229 g/mol. The van der Waals surface area contributed by atoms with Gasteiger partial charge in [-0.05, 0) is 26.8 Å². The molecule has 2 atom stereocenters. The summed E-state index contributed by atoms with van der Waals surface area (Å²) in [7, 11) is 0. The maximum atomic E-state index is 4.26. The van der Waals surface area contributed by atoms with E-state index in [9.17, 15) is 0 Å². The number of anilines is 1. The minimum atomic E-state index is 0.514. The molecule has 1 aliphatic heterocycles. The minimum absolute atomic E-state index is 0.514. The van der Waals surface area contributed by atoms with Crippen LogP contribution in [0, 0.1) is 11.8 Å². The van der Waals surface area contributed by atoms with Crippen molar-refractivity contribution in [1.82, 2.24) is 10.3 Å². The van der Waals surface area contributed by atoms with Crippen molar-refractivity contribution in [3.8, 4) is 11.8 Å². The van der Waals surface area contributed by atoms with E-state index in [4.69, 9.17) is 0 Å². The number of piperazine rings is 1. The second-order valence-electron chi connectivity index (χ2n) is 4.68. The molecule has 1 aliphatic rings. The Balaban J connectivity index is 2.20. The summed E-state index contributed by atoms with van der Waals surface area (Å²) >= 11 is 0. The first kappa shape index (κ1) is 11.9. The van der Waals surface area contributed by atoms with Crippen molar-refractivity contribution in [2.45, 2.75) is 32.9 Å². The van der Waals surface area contributed by atoms with Crippen molar-refractivity contribution < 1.29 is 0 Å². The molecule has 0 spiro atoms. The zero-order valence-electron chi connectivity index (χ0n) is 10.7. The molecule has 2 heterocycles. The molecule has 0 aromatic carbocycles. The molecule has 0 aliphatic carbocycles. The van der Waals surface area contributed by atoms with E-state index in [1.807, 2.05) is 19.3 Å². The lowest BCUT2D eigenvalue weighted by atomic mass is 10.1. The molecule has 17 heavy (non-hydrogen) atoms. The molecule has 2 rings (SSSR count). The number of rotatable bonds is 1. The molecule has 1 aromatic heterocycles. The standard InChI is InChI=1S/C14H19N3/c1-4-5-13-6-14(8-15-7-13)17-9-11(2)16-12(3)10-17/h6-8,11-12,16H,9-10H2,1-3H3. The molecule has 1 N–H and O–H groups in total. The zero-order chi connectivity index (χ0) is 12.3. The molecule has 3 nitrogen and oxygen atoms in total. The Morgan fingerprint density at radius 2 is 2.00 bits per heavy atom. The quantitative estimate of drug-likeness (QED) is 0.742. The summed E-state index contributed by atoms with van der Waals surface area (Å²) in [6.45, 7) is 8.32. The van der Waals surface area contributed by atoms with Gasteiger partial charge in [-0.3, -0.25) is 4.98 Å². The van der Waals surface area contributed by atoms with Crippen LogP contribution in [0.5, 0.6) is 0 Å². The first-order valence-corrected chi connectivity index (χ1v) is 6.08. The van der Waals surface area contributed by atoms with Gasteiger partial charge in [-0.15, -0.1) is 5.92 Å². The third kappa shape index (κ3) is 2.98. The molecule has 2 unspecified atom stereocenters. The maximum absolute atomic E-state index is 4.26. The van der Waals surface area contributed by atoms with Gasteiger partial charge >= 0.3 is 0 Å². The summed E-state index contributed by atoms with van der Waals surface area (Å²) < 4.78 is 0. The normalized spacial score (nSPS) is 24.1. The van der Waals surface area contributed by atoms with E-state index in [1.165, 1.54) is 5.69 Å². The highest BCUT2D eigenvalue weighted by Gasteiger charge is 2.21. The van der Waals surface area contributed by atoms with Crippen molar-refractivity contribution in [2.24, 2.45) is 0 Å². The second kappa shape index (κ2) is 5.20. The van der Waals surface area contributed by atoms with E-state index < -0.39 is 0 Å². The van der Waals surface area contributed by atoms with Gasteiger partial charge in [-0.2, -0.15) is 0 Å². The predicted molar refractivity (Wildman–Crippen MR) is 71.1 cm³/mol. The van der Waals surface area contributed by atoms with Crippen LogP contribution in [0.1, 0.15) is 26.3 Å². The highest BCUT2D eigenvalue weighted by Crippen LogP contribution is 2.17. The van der Waals surface area contributed by atoms with E-state index >= 15 is 0 Å². The largest absolute Gasteiger partial charge is 0.367 e. The van der Waals surface area contributed by atoms with Crippen LogP contribution in [0.3, 0.4) is 0 Å². The van der Waals surface area contributed by atoms with Gasteiger partial charge in [-0.1, -0.05) is 5.92 Å². The second-order valence-corrected chi connectivity index (χ2v) is 4.68. The third-order valence-electron chi connectivity index (χ3n) is 2.92. The van der Waals surface area contributed by atoms with Crippen LogP contribution in [0.2, 0.25) is 0 Å². The van der Waals surface area contributed by atoms with Crippen LogP contribution < -0.4 is 10.2 Å². The van der Waals surface area contributed by atoms with Crippen LogP contribution >= 0.6 is 0 Å². The van der Waals surface area contributed by atoms with E-state index in [2.05, 4.69) is 47.0 Å². The van der Waals surface area contributed by atoms with E-state index in [0.29, 0.717) is 12.1 Å². The van der Waals surface area contributed by atoms with E-state index in [-0.39, 0.29) is 0 Å². The van der Waals surface area contributed by atoms with Crippen LogP contribution in [-0.4, -0.2) is 30.2 Å². The van der Waals surface area contributed by atoms with E-state index in [1.54, 1.807) is 0 Å². The molecular formula is C14H19N3. The smallest absolute Gasteiger partial charge is 0.0566 e. The van der Waals surface area contributed by atoms with Gasteiger partial charge in [0.05, 0.1) is 11.9 Å². The molecule has 1 aromatic rings. The number of pyridine rings is 1. The average Bonchev–Trinajstić information content (AvgIpc) is 2.28. The molecule has 0 radical (unpaired) electrons. The summed E-state index contributed by atoms with van der Waals surface area (Å²) in [6.07, 6.45) is 3.74. The molecule has 90 valence electrons. The molecule has 0 bridgehead atoms. The summed E-state index contributed by atoms with van der Waals surface area (Å²) in [6, 6.07) is 3.15. The van der Waals surface area contributed by atoms with Crippen LogP contribution in [0.25, 0.3) is 0 Å². The number of hydrogen-bond acceptors (Lipinski definition) is 3. The Morgan fingerprint density at radius 1 is 1.29 bits per heavy atom. The van der Waals surface area contributed by atoms with Gasteiger partial charge in [-0.25, -0.2) is 0 Å². The van der Waals surface area contributed by atoms with E-state index in [0.717, 1.165) is 18.7 Å². The fourth-order valence-electron chi connectivity index (χ4n) is 2.35. The SMILES string of the molecule is CC#Cc1cncc(N2CC(C)NC(C)C2)c1. The average molecular weight is 229 g/mol. The summed E-state index contributed by atoms with van der Waals surface area (Å²) in [4.78, 5) is 6.64. The fraction of sp³-hybridized carbons (Fsp3) is 0.500. The Labute approximate surface area is 103 Å². The van der Waals surface area contributed by atoms with Crippen LogP contribution in [0.15, 0.2) is 18.5 Å². The van der Waals surface area contributed by atoms with Gasteiger partial charge in [0, 0.05) is 36.9 Å². The van der Waals surface area contributed by atoms with Gasteiger partial charge < -0.3 is 10.2 Å². The van der Waals surface area contributed by atoms with Crippen molar-refractivity contribution >= 4 is 5.69 Å². The predicted octanol–water partition coefficient (Wildman–Crippen LogP) is 1.64. The Bertz CT molecular complexity index is 434. The highest BCUT2D eigenvalue weighted by atomic mass is 15.2. The summed E-state index contributed by atoms with van der Waals surface area (Å²) in [5.74, 6) is 5.97. The lowest BCUT2D eigenvalue weighted by Gasteiger charge is -2.37. The van der Waals surface area contributed by atoms with Gasteiger partial charge in [0.2, 0.25) is 0 Å². The topological polar surface area (TPSA) is 28.2 Å². The van der Waals surface area contributed by atoms with Gasteiger partial charge in [0.15, 0.2) is 0 Å². The minimum Gasteiger partial charge on any atom is -0.367 e. The third-order valence-corrected chi connectivity index (χ3v) is 2.92. The lowest BCUT2D eigenvalue weighted by molar-refractivity contribution is 0.407. The fourth-order valence-corrected chi connectivity index (χ4v) is 2.35. The van der Waals surface area contributed by atoms with Crippen LogP contribution in [0.4, 0.5) is 5.69 Å². The van der Waals surface area contributed by atoms with Crippen LogP contribution in [-0.2, 0) is 0 Å². The Hall–Kier alpha value is -1.53. The Morgan fingerprint density at radius 3 is 2.65 bits per heavy atom. The zero-order valence-corrected chi connectivity index (χ0v) is 10.7. The lowest BCUT2D eigenvalue weighted by Crippen LogP contribution is -2.54. The molecule has 3 heteroatoms. The first-order chi connectivity index (χ1) is 8.19. The van der Waals surface area contributed by atoms with Crippen molar-refractivity contribution in [2.75, 3.05) is 18.0 Å². The molecule has 0 saturated carbocycles. The Kier molecular flexibility index (Phi) is 3.65. The first-order valence-electron chi connectivity index (χ1n) is 6.08. The summed E-state index contributed by atoms with van der Waals surface area (Å²) in [5, 5.41) is 3.53. The molecular weight excluding hydrogens is 210 g/mol. The molecule has 1 saturated heterocycles. The van der Waals surface area contributed by atoms with Crippen molar-refractivity contribution in [3.63, 3.8) is 0 Å². The highest BCUT2D eigenvalue weighted by molar-refractivity contribution is 5.50. The maximum Gasteiger partial charge on any atom is 0.0566 e. The van der Waals surface area contributed by atoms with Crippen molar-refractivity contribution in [3.05, 3.63) is 24.0 Å². The van der Waals surface area contributed by atoms with Crippen molar-refractivity contribution in [1.29, 1.82) is 0 Å².